The quantitative estimate of drug-likeness (QED) is 0.583. The van der Waals surface area contributed by atoms with Crippen LogP contribution in [0, 0.1) is 0 Å². The first kappa shape index (κ1) is 13.5. The maximum atomic E-state index is 8.64. The molecule has 0 aliphatic carbocycles. The average Bonchev–Trinajstić information content (AvgIpc) is 2.64. The van der Waals surface area contributed by atoms with Crippen molar-refractivity contribution in [1.82, 2.24) is 0 Å². The minimum atomic E-state index is -0.683. The average molecular weight is 303 g/mol. The Morgan fingerprint density at radius 1 is 0.727 bits per heavy atom. The minimum absolute atomic E-state index is 0.629. The Morgan fingerprint density at radius 2 is 1.14 bits per heavy atom. The second kappa shape index (κ2) is 7.20. The van der Waals surface area contributed by atoms with E-state index in [-0.39, 0.29) is 0 Å². The maximum absolute atomic E-state index is 8.64. The molecule has 0 amide bonds. The maximum Gasteiger partial charge on any atom is 0.0632 e. The van der Waals surface area contributed by atoms with Gasteiger partial charge in [0.1, 0.15) is 0 Å². The molecule has 0 radical (unpaired) electrons. The SMILES string of the molecule is [2H]/C(=C(\C)P(c1ccccc1)c1ccccc1)c1ccccc1. The van der Waals surface area contributed by atoms with E-state index in [2.05, 4.69) is 55.5 Å². The fourth-order valence-corrected chi connectivity index (χ4v) is 4.73. The lowest BCUT2D eigenvalue weighted by molar-refractivity contribution is 1.62. The molecular formula is C21H19P. The Morgan fingerprint density at radius 3 is 1.59 bits per heavy atom. The highest BCUT2D eigenvalue weighted by Crippen LogP contribution is 2.43. The lowest BCUT2D eigenvalue weighted by Crippen LogP contribution is -2.11. The third kappa shape index (κ3) is 3.53. The highest BCUT2D eigenvalue weighted by Gasteiger charge is 2.15. The summed E-state index contributed by atoms with van der Waals surface area (Å²) in [5.41, 5.74) is 0.976. The molecule has 0 N–H and O–H groups in total. The van der Waals surface area contributed by atoms with Crippen molar-refractivity contribution in [3.05, 3.63) is 102 Å². The van der Waals surface area contributed by atoms with Crippen molar-refractivity contribution in [3.63, 3.8) is 0 Å². The van der Waals surface area contributed by atoms with E-state index in [0.717, 1.165) is 10.9 Å². The van der Waals surface area contributed by atoms with Gasteiger partial charge in [-0.15, -0.1) is 0 Å². The van der Waals surface area contributed by atoms with Crippen molar-refractivity contribution in [3.8, 4) is 0 Å². The van der Waals surface area contributed by atoms with Crippen LogP contribution in [0.25, 0.3) is 6.05 Å². The van der Waals surface area contributed by atoms with Crippen LogP contribution in [-0.4, -0.2) is 0 Å². The highest BCUT2D eigenvalue weighted by atomic mass is 31.1. The molecule has 0 fully saturated rings. The van der Waals surface area contributed by atoms with Crippen molar-refractivity contribution in [2.24, 2.45) is 0 Å². The van der Waals surface area contributed by atoms with Crippen LogP contribution in [0.3, 0.4) is 0 Å². The first-order valence-electron chi connectivity index (χ1n) is 7.90. The number of rotatable bonds is 4. The summed E-state index contributed by atoms with van der Waals surface area (Å²) in [7, 11) is -0.683. The normalized spacial score (nSPS) is 12.7. The Hall–Kier alpha value is -2.17. The second-order valence-electron chi connectivity index (χ2n) is 5.08. The molecule has 0 aromatic heterocycles. The third-order valence-corrected chi connectivity index (χ3v) is 5.87. The van der Waals surface area contributed by atoms with E-state index >= 15 is 0 Å². The summed E-state index contributed by atoms with van der Waals surface area (Å²) >= 11 is 0. The Kier molecular flexibility index (Phi) is 4.42. The molecule has 0 saturated carbocycles. The number of benzene rings is 3. The molecule has 0 unspecified atom stereocenters. The fraction of sp³-hybridized carbons (Fsp3) is 0.0476. The molecule has 0 aliphatic heterocycles. The van der Waals surface area contributed by atoms with E-state index in [1.54, 1.807) is 0 Å². The molecule has 3 aromatic rings. The number of hydrogen-bond acceptors (Lipinski definition) is 0. The van der Waals surface area contributed by atoms with Gasteiger partial charge in [-0.05, 0) is 36.3 Å². The number of hydrogen-bond donors (Lipinski definition) is 0. The standard InChI is InChI=1S/C21H19P/c1-18(17-19-11-5-2-6-12-19)22(20-13-7-3-8-14-20)21-15-9-4-10-16-21/h2-17H,1H3/b18-17-/i17D. The summed E-state index contributed by atoms with van der Waals surface area (Å²) in [5, 5.41) is 3.70. The lowest BCUT2D eigenvalue weighted by atomic mass is 10.2. The van der Waals surface area contributed by atoms with E-state index in [1.165, 1.54) is 10.6 Å². The summed E-state index contributed by atoms with van der Waals surface area (Å²) in [6.45, 7) is 2.10. The van der Waals surface area contributed by atoms with Crippen molar-refractivity contribution in [2.45, 2.75) is 6.92 Å². The molecule has 0 aliphatic rings. The van der Waals surface area contributed by atoms with Crippen LogP contribution in [0.1, 0.15) is 13.9 Å². The molecule has 22 heavy (non-hydrogen) atoms. The Balaban J connectivity index is 2.12. The van der Waals surface area contributed by atoms with Crippen LogP contribution in [0.5, 0.6) is 0 Å². The summed E-state index contributed by atoms with van der Waals surface area (Å²) < 4.78 is 8.64. The molecule has 0 spiro atoms. The van der Waals surface area contributed by atoms with E-state index in [0.29, 0.717) is 6.05 Å². The van der Waals surface area contributed by atoms with E-state index in [4.69, 9.17) is 1.37 Å². The minimum Gasteiger partial charge on any atom is -0.0622 e. The van der Waals surface area contributed by atoms with Gasteiger partial charge in [0.25, 0.3) is 0 Å². The largest absolute Gasteiger partial charge is 0.0632 e. The number of allylic oxidation sites excluding steroid dienone is 1. The first-order valence-corrected chi connectivity index (χ1v) is 8.74. The molecule has 108 valence electrons. The topological polar surface area (TPSA) is 0 Å². The van der Waals surface area contributed by atoms with Gasteiger partial charge in [0.2, 0.25) is 0 Å². The van der Waals surface area contributed by atoms with E-state index in [1.807, 2.05) is 42.5 Å². The smallest absolute Gasteiger partial charge is 0.0622 e. The van der Waals surface area contributed by atoms with Gasteiger partial charge in [0.05, 0.1) is 1.37 Å². The van der Waals surface area contributed by atoms with E-state index in [9.17, 15) is 0 Å². The molecular weight excluding hydrogens is 283 g/mol. The zero-order valence-corrected chi connectivity index (χ0v) is 13.5. The molecule has 0 atom stereocenters. The molecule has 1 heteroatoms. The van der Waals surface area contributed by atoms with Gasteiger partial charge in [-0.25, -0.2) is 0 Å². The third-order valence-electron chi connectivity index (χ3n) is 3.46. The predicted octanol–water partition coefficient (Wildman–Crippen LogP) is 5.18. The summed E-state index contributed by atoms with van der Waals surface area (Å²) in [6.07, 6.45) is 0. The zero-order valence-electron chi connectivity index (χ0n) is 13.6. The molecule has 3 aromatic carbocycles. The highest BCUT2D eigenvalue weighted by molar-refractivity contribution is 7.76. The van der Waals surface area contributed by atoms with Gasteiger partial charge in [0, 0.05) is 0 Å². The molecule has 0 heterocycles. The Labute approximate surface area is 135 Å². The van der Waals surface area contributed by atoms with Crippen LogP contribution in [0.4, 0.5) is 0 Å². The van der Waals surface area contributed by atoms with Crippen molar-refractivity contribution in [2.75, 3.05) is 0 Å². The van der Waals surface area contributed by atoms with E-state index < -0.39 is 7.92 Å². The van der Waals surface area contributed by atoms with Crippen LogP contribution in [0.15, 0.2) is 96.3 Å². The van der Waals surface area contributed by atoms with Crippen LogP contribution in [0.2, 0.25) is 0 Å². The fourth-order valence-electron chi connectivity index (χ4n) is 2.48. The van der Waals surface area contributed by atoms with Gasteiger partial charge in [-0.2, -0.15) is 0 Å². The molecule has 0 bridgehead atoms. The van der Waals surface area contributed by atoms with Crippen molar-refractivity contribution < 1.29 is 1.37 Å². The Bertz CT molecular complexity index is 740. The molecule has 0 nitrogen and oxygen atoms in total. The van der Waals surface area contributed by atoms with Crippen LogP contribution in [-0.2, 0) is 0 Å². The summed E-state index contributed by atoms with van der Waals surface area (Å²) in [5.74, 6) is 0. The second-order valence-corrected chi connectivity index (χ2v) is 7.46. The zero-order chi connectivity index (χ0) is 16.1. The van der Waals surface area contributed by atoms with Gasteiger partial charge in [-0.3, -0.25) is 0 Å². The lowest BCUT2D eigenvalue weighted by Gasteiger charge is -2.19. The van der Waals surface area contributed by atoms with Gasteiger partial charge in [0.15, 0.2) is 0 Å². The first-order chi connectivity index (χ1) is 11.3. The van der Waals surface area contributed by atoms with Crippen molar-refractivity contribution in [1.29, 1.82) is 0 Å². The van der Waals surface area contributed by atoms with Crippen LogP contribution < -0.4 is 10.6 Å². The molecule has 3 rings (SSSR count). The monoisotopic (exact) mass is 303 g/mol. The van der Waals surface area contributed by atoms with Gasteiger partial charge in [-0.1, -0.05) is 97.0 Å². The van der Waals surface area contributed by atoms with Crippen molar-refractivity contribution >= 4 is 24.6 Å². The predicted molar refractivity (Wildman–Crippen MR) is 99.2 cm³/mol. The van der Waals surface area contributed by atoms with Crippen LogP contribution >= 0.6 is 7.92 Å². The van der Waals surface area contributed by atoms with Gasteiger partial charge < -0.3 is 0 Å². The van der Waals surface area contributed by atoms with Gasteiger partial charge >= 0.3 is 0 Å². The summed E-state index contributed by atoms with van der Waals surface area (Å²) in [6, 6.07) is 31.7. The molecule has 0 saturated heterocycles. The summed E-state index contributed by atoms with van der Waals surface area (Å²) in [4.78, 5) is 0.